The second-order valence-electron chi connectivity index (χ2n) is 6.45. The van der Waals surface area contributed by atoms with Crippen LogP contribution >= 0.6 is 15.9 Å². The van der Waals surface area contributed by atoms with Crippen molar-refractivity contribution in [3.63, 3.8) is 0 Å². The first-order valence-corrected chi connectivity index (χ1v) is 10.7. The molecule has 1 aliphatic rings. The summed E-state index contributed by atoms with van der Waals surface area (Å²) in [4.78, 5) is 12.9. The highest BCUT2D eigenvalue weighted by Gasteiger charge is 2.36. The van der Waals surface area contributed by atoms with Crippen LogP contribution in [-0.2, 0) is 14.8 Å². The molecule has 3 aromatic carbocycles. The number of carbonyl (C=O) groups is 1. The van der Waals surface area contributed by atoms with Crippen LogP contribution in [0.15, 0.2) is 70.0 Å². The smallest absolute Gasteiger partial charge is 0.265 e. The van der Waals surface area contributed by atoms with Crippen LogP contribution in [0, 0.1) is 0 Å². The predicted octanol–water partition coefficient (Wildman–Crippen LogP) is 3.99. The van der Waals surface area contributed by atoms with Gasteiger partial charge in [-0.1, -0.05) is 58.4 Å². The van der Waals surface area contributed by atoms with Gasteiger partial charge in [0.2, 0.25) is 5.91 Å². The number of amides is 1. The zero-order valence-corrected chi connectivity index (χ0v) is 16.9. The minimum atomic E-state index is -3.74. The number of anilines is 1. The molecular formula is C20H17BrN2O3S. The van der Waals surface area contributed by atoms with Crippen LogP contribution in [0.4, 0.5) is 5.69 Å². The third-order valence-corrected chi connectivity index (χ3v) is 7.24. The Morgan fingerprint density at radius 2 is 1.78 bits per heavy atom. The molecule has 1 atom stereocenters. The molecule has 1 unspecified atom stereocenters. The monoisotopic (exact) mass is 444 g/mol. The van der Waals surface area contributed by atoms with Crippen LogP contribution in [-0.4, -0.2) is 20.9 Å². The van der Waals surface area contributed by atoms with E-state index in [4.69, 9.17) is 0 Å². The first kappa shape index (κ1) is 18.0. The molecule has 7 heteroatoms. The highest BCUT2D eigenvalue weighted by atomic mass is 79.9. The molecule has 0 spiro atoms. The zero-order chi connectivity index (χ0) is 19.2. The Kier molecular flexibility index (Phi) is 4.44. The number of nitrogens with one attached hydrogen (secondary N) is 1. The van der Waals surface area contributed by atoms with E-state index in [0.29, 0.717) is 11.1 Å². The van der Waals surface area contributed by atoms with Gasteiger partial charge in [0.05, 0.1) is 16.6 Å². The molecule has 1 N–H and O–H groups in total. The molecule has 27 heavy (non-hydrogen) atoms. The van der Waals surface area contributed by atoms with Crippen molar-refractivity contribution in [2.24, 2.45) is 0 Å². The molecule has 0 saturated heterocycles. The molecule has 138 valence electrons. The summed E-state index contributed by atoms with van der Waals surface area (Å²) in [5.74, 6) is -0.355. The SMILES string of the molecule is CC(NC(=O)CN1c2cccc3cccc(c23)S1(=O)=O)c1ccccc1Br. The summed E-state index contributed by atoms with van der Waals surface area (Å²) in [6, 6.07) is 17.9. The number of benzene rings is 3. The van der Waals surface area contributed by atoms with Crippen molar-refractivity contribution in [2.45, 2.75) is 17.9 Å². The van der Waals surface area contributed by atoms with Crippen molar-refractivity contribution in [3.8, 4) is 0 Å². The lowest BCUT2D eigenvalue weighted by molar-refractivity contribution is -0.120. The fraction of sp³-hybridized carbons (Fsp3) is 0.150. The lowest BCUT2D eigenvalue weighted by Crippen LogP contribution is -2.39. The highest BCUT2D eigenvalue weighted by molar-refractivity contribution is 9.10. The fourth-order valence-corrected chi connectivity index (χ4v) is 5.74. The van der Waals surface area contributed by atoms with E-state index in [0.717, 1.165) is 15.4 Å². The molecule has 0 bridgehead atoms. The third kappa shape index (κ3) is 3.00. The summed E-state index contributed by atoms with van der Waals surface area (Å²) in [6.07, 6.45) is 0. The van der Waals surface area contributed by atoms with E-state index in [1.165, 1.54) is 4.31 Å². The number of hydrogen-bond donors (Lipinski definition) is 1. The fourth-order valence-electron chi connectivity index (χ4n) is 3.45. The van der Waals surface area contributed by atoms with Crippen LogP contribution in [0.1, 0.15) is 18.5 Å². The van der Waals surface area contributed by atoms with Gasteiger partial charge in [-0.15, -0.1) is 0 Å². The maximum absolute atomic E-state index is 12.9. The Morgan fingerprint density at radius 1 is 1.07 bits per heavy atom. The Hall–Kier alpha value is -2.38. The molecule has 4 rings (SSSR count). The van der Waals surface area contributed by atoms with E-state index in [-0.39, 0.29) is 23.4 Å². The summed E-state index contributed by atoms with van der Waals surface area (Å²) in [5, 5.41) is 4.40. The van der Waals surface area contributed by atoms with Gasteiger partial charge in [-0.2, -0.15) is 0 Å². The molecule has 0 aliphatic carbocycles. The standard InChI is InChI=1S/C20H17BrN2O3S/c1-13(15-8-2-3-9-16(15)21)22-19(24)12-23-17-10-4-6-14-7-5-11-18(20(14)17)27(23,25)26/h2-11,13H,12H2,1H3,(H,22,24). The number of rotatable bonds is 4. The molecular weight excluding hydrogens is 428 g/mol. The van der Waals surface area contributed by atoms with Crippen LogP contribution in [0.5, 0.6) is 0 Å². The van der Waals surface area contributed by atoms with Gasteiger partial charge < -0.3 is 5.32 Å². The summed E-state index contributed by atoms with van der Waals surface area (Å²) in [5.41, 5.74) is 1.48. The van der Waals surface area contributed by atoms with Crippen molar-refractivity contribution in [1.82, 2.24) is 5.32 Å². The first-order valence-electron chi connectivity index (χ1n) is 8.48. The second kappa shape index (κ2) is 6.65. The molecule has 0 radical (unpaired) electrons. The summed E-state index contributed by atoms with van der Waals surface area (Å²) >= 11 is 3.47. The minimum Gasteiger partial charge on any atom is -0.348 e. The normalized spacial score (nSPS) is 15.7. The molecule has 0 aromatic heterocycles. The Morgan fingerprint density at radius 3 is 2.52 bits per heavy atom. The van der Waals surface area contributed by atoms with Gasteiger partial charge in [0, 0.05) is 9.86 Å². The number of hydrogen-bond acceptors (Lipinski definition) is 3. The van der Waals surface area contributed by atoms with Crippen LogP contribution in [0.2, 0.25) is 0 Å². The van der Waals surface area contributed by atoms with E-state index in [1.807, 2.05) is 43.3 Å². The highest BCUT2D eigenvalue weighted by Crippen LogP contribution is 2.41. The molecule has 5 nitrogen and oxygen atoms in total. The molecule has 0 fully saturated rings. The number of sulfonamides is 1. The topological polar surface area (TPSA) is 66.5 Å². The largest absolute Gasteiger partial charge is 0.348 e. The third-order valence-electron chi connectivity index (χ3n) is 4.72. The predicted molar refractivity (Wildman–Crippen MR) is 109 cm³/mol. The first-order chi connectivity index (χ1) is 12.9. The molecule has 0 saturated carbocycles. The van der Waals surface area contributed by atoms with Crippen molar-refractivity contribution in [2.75, 3.05) is 10.8 Å². The van der Waals surface area contributed by atoms with E-state index >= 15 is 0 Å². The van der Waals surface area contributed by atoms with Crippen molar-refractivity contribution < 1.29 is 13.2 Å². The van der Waals surface area contributed by atoms with Gasteiger partial charge >= 0.3 is 0 Å². The minimum absolute atomic E-state index is 0.252. The molecule has 1 heterocycles. The molecule has 1 amide bonds. The quantitative estimate of drug-likeness (QED) is 0.661. The number of halogens is 1. The van der Waals surface area contributed by atoms with Crippen LogP contribution < -0.4 is 9.62 Å². The van der Waals surface area contributed by atoms with E-state index in [2.05, 4.69) is 21.2 Å². The van der Waals surface area contributed by atoms with E-state index in [1.54, 1.807) is 24.3 Å². The summed E-state index contributed by atoms with van der Waals surface area (Å²) < 4.78 is 28.0. The molecule has 1 aliphatic heterocycles. The van der Waals surface area contributed by atoms with Crippen molar-refractivity contribution in [3.05, 3.63) is 70.7 Å². The summed E-state index contributed by atoms with van der Waals surface area (Å²) in [7, 11) is -3.74. The van der Waals surface area contributed by atoms with Crippen LogP contribution in [0.25, 0.3) is 10.8 Å². The van der Waals surface area contributed by atoms with Crippen molar-refractivity contribution >= 4 is 48.3 Å². The van der Waals surface area contributed by atoms with Gasteiger partial charge in [0.25, 0.3) is 10.0 Å². The summed E-state index contributed by atoms with van der Waals surface area (Å²) in [6.45, 7) is 1.61. The average Bonchev–Trinajstić information content (AvgIpc) is 2.85. The Balaban J connectivity index is 1.61. The maximum Gasteiger partial charge on any atom is 0.265 e. The number of carbonyl (C=O) groups excluding carboxylic acids is 1. The molecule has 3 aromatic rings. The van der Waals surface area contributed by atoms with Gasteiger partial charge in [0.1, 0.15) is 6.54 Å². The van der Waals surface area contributed by atoms with Crippen molar-refractivity contribution in [1.29, 1.82) is 0 Å². The van der Waals surface area contributed by atoms with Gasteiger partial charge in [-0.05, 0) is 36.1 Å². The Bertz CT molecular complexity index is 1160. The van der Waals surface area contributed by atoms with Gasteiger partial charge in [-0.3, -0.25) is 9.10 Å². The van der Waals surface area contributed by atoms with Gasteiger partial charge in [-0.25, -0.2) is 8.42 Å². The number of nitrogens with zero attached hydrogens (tertiary/aromatic N) is 1. The zero-order valence-electron chi connectivity index (χ0n) is 14.5. The second-order valence-corrected chi connectivity index (χ2v) is 9.14. The average molecular weight is 445 g/mol. The van der Waals surface area contributed by atoms with Crippen LogP contribution in [0.3, 0.4) is 0 Å². The lowest BCUT2D eigenvalue weighted by atomic mass is 10.1. The van der Waals surface area contributed by atoms with E-state index in [9.17, 15) is 13.2 Å². The maximum atomic E-state index is 12.9. The lowest BCUT2D eigenvalue weighted by Gasteiger charge is -2.21. The van der Waals surface area contributed by atoms with E-state index < -0.39 is 10.0 Å². The Labute approximate surface area is 166 Å². The van der Waals surface area contributed by atoms with Gasteiger partial charge in [0.15, 0.2) is 0 Å².